The topological polar surface area (TPSA) is 40.5 Å². The lowest BCUT2D eigenvalue weighted by molar-refractivity contribution is -0.131. The molecule has 0 radical (unpaired) electrons. The van der Waals surface area contributed by atoms with Crippen LogP contribution in [0.5, 0.6) is 0 Å². The number of carbonyl (C=O) groups is 1. The molecular weight excluding hydrogens is 130 g/mol. The van der Waals surface area contributed by atoms with Crippen LogP contribution in [-0.4, -0.2) is 35.6 Å². The number of aliphatic hydroxyl groups excluding tert-OH is 1. The number of amides is 1. The molecule has 0 aliphatic carbocycles. The fourth-order valence-electron chi connectivity index (χ4n) is 0.830. The molecule has 0 aromatic rings. The summed E-state index contributed by atoms with van der Waals surface area (Å²) in [5, 5.41) is 8.43. The van der Waals surface area contributed by atoms with Crippen molar-refractivity contribution < 1.29 is 9.90 Å². The molecule has 3 heteroatoms. The Morgan fingerprint density at radius 3 is 2.20 bits per heavy atom. The summed E-state index contributed by atoms with van der Waals surface area (Å²) >= 11 is 0. The van der Waals surface area contributed by atoms with Gasteiger partial charge in [-0.25, -0.2) is 0 Å². The predicted octanol–water partition coefficient (Wildman–Crippen LogP) is 0.237. The van der Waals surface area contributed by atoms with E-state index in [1.807, 2.05) is 13.8 Å². The highest BCUT2D eigenvalue weighted by atomic mass is 16.3. The Labute approximate surface area is 61.6 Å². The number of rotatable bonds is 4. The van der Waals surface area contributed by atoms with Crippen molar-refractivity contribution in [1.29, 1.82) is 0 Å². The highest BCUT2D eigenvalue weighted by Gasteiger charge is 2.06. The van der Waals surface area contributed by atoms with Gasteiger partial charge < -0.3 is 10.0 Å². The summed E-state index contributed by atoms with van der Waals surface area (Å²) in [7, 11) is 0. The van der Waals surface area contributed by atoms with E-state index in [-0.39, 0.29) is 18.9 Å². The van der Waals surface area contributed by atoms with Crippen LogP contribution in [0.25, 0.3) is 0 Å². The van der Waals surface area contributed by atoms with Gasteiger partial charge in [0.15, 0.2) is 0 Å². The molecule has 0 rings (SSSR count). The van der Waals surface area contributed by atoms with Gasteiger partial charge in [0, 0.05) is 19.5 Å². The molecule has 0 aromatic heterocycles. The van der Waals surface area contributed by atoms with Crippen molar-refractivity contribution in [1.82, 2.24) is 4.90 Å². The van der Waals surface area contributed by atoms with Crippen LogP contribution in [0.2, 0.25) is 0 Å². The molecule has 0 saturated carbocycles. The van der Waals surface area contributed by atoms with Crippen molar-refractivity contribution in [2.75, 3.05) is 19.7 Å². The Kier molecular flexibility index (Phi) is 4.94. The molecule has 60 valence electrons. The second-order valence-corrected chi connectivity index (χ2v) is 2.04. The summed E-state index contributed by atoms with van der Waals surface area (Å²) in [4.78, 5) is 12.7. The van der Waals surface area contributed by atoms with Gasteiger partial charge in [0.2, 0.25) is 5.91 Å². The Bertz CT molecular complexity index is 99.8. The maximum atomic E-state index is 11.0. The van der Waals surface area contributed by atoms with Gasteiger partial charge in [-0.15, -0.1) is 0 Å². The van der Waals surface area contributed by atoms with E-state index in [1.165, 1.54) is 0 Å². The van der Waals surface area contributed by atoms with E-state index in [4.69, 9.17) is 5.11 Å². The van der Waals surface area contributed by atoms with Crippen LogP contribution < -0.4 is 0 Å². The summed E-state index contributed by atoms with van der Waals surface area (Å²) in [6.45, 7) is 5.28. The molecule has 10 heavy (non-hydrogen) atoms. The second-order valence-electron chi connectivity index (χ2n) is 2.04. The van der Waals surface area contributed by atoms with Crippen LogP contribution in [0.15, 0.2) is 0 Å². The summed E-state index contributed by atoms with van der Waals surface area (Å²) in [5.41, 5.74) is 0. The van der Waals surface area contributed by atoms with Crippen molar-refractivity contribution in [3.8, 4) is 0 Å². The Morgan fingerprint density at radius 1 is 1.40 bits per heavy atom. The van der Waals surface area contributed by atoms with Crippen LogP contribution in [0, 0.1) is 0 Å². The monoisotopic (exact) mass is 145 g/mol. The van der Waals surface area contributed by atoms with Gasteiger partial charge in [0.1, 0.15) is 0 Å². The van der Waals surface area contributed by atoms with Crippen LogP contribution >= 0.6 is 0 Å². The molecule has 1 amide bonds. The van der Waals surface area contributed by atoms with Gasteiger partial charge in [-0.2, -0.15) is 0 Å². The van der Waals surface area contributed by atoms with Gasteiger partial charge in [0.05, 0.1) is 6.61 Å². The quantitative estimate of drug-likeness (QED) is 0.615. The zero-order chi connectivity index (χ0) is 7.98. The first-order chi connectivity index (χ1) is 4.76. The first-order valence-corrected chi connectivity index (χ1v) is 3.64. The minimum absolute atomic E-state index is 0.0347. The third-order valence-electron chi connectivity index (χ3n) is 1.44. The van der Waals surface area contributed by atoms with E-state index in [0.717, 1.165) is 13.1 Å². The third-order valence-corrected chi connectivity index (χ3v) is 1.44. The molecule has 3 nitrogen and oxygen atoms in total. The van der Waals surface area contributed by atoms with E-state index in [1.54, 1.807) is 4.90 Å². The van der Waals surface area contributed by atoms with E-state index in [2.05, 4.69) is 0 Å². The zero-order valence-corrected chi connectivity index (χ0v) is 6.63. The van der Waals surface area contributed by atoms with Crippen molar-refractivity contribution in [2.45, 2.75) is 20.3 Å². The average Bonchev–Trinajstić information content (AvgIpc) is 1.91. The molecule has 0 fully saturated rings. The molecule has 0 aliphatic heterocycles. The summed E-state index contributed by atoms with van der Waals surface area (Å²) in [6.07, 6.45) is 0.252. The molecular formula is C7H15NO2. The zero-order valence-electron chi connectivity index (χ0n) is 6.63. The summed E-state index contributed by atoms with van der Waals surface area (Å²) in [5.74, 6) is 0.0347. The van der Waals surface area contributed by atoms with E-state index >= 15 is 0 Å². The lowest BCUT2D eigenvalue weighted by atomic mass is 10.3. The number of hydrogen-bond acceptors (Lipinski definition) is 2. The fourth-order valence-corrected chi connectivity index (χ4v) is 0.830. The predicted molar refractivity (Wildman–Crippen MR) is 39.6 cm³/mol. The van der Waals surface area contributed by atoms with Gasteiger partial charge in [-0.05, 0) is 13.8 Å². The van der Waals surface area contributed by atoms with Crippen LogP contribution in [0.3, 0.4) is 0 Å². The van der Waals surface area contributed by atoms with E-state index in [0.29, 0.717) is 0 Å². The van der Waals surface area contributed by atoms with Crippen molar-refractivity contribution in [2.24, 2.45) is 0 Å². The van der Waals surface area contributed by atoms with E-state index < -0.39 is 0 Å². The average molecular weight is 145 g/mol. The lowest BCUT2D eigenvalue weighted by Gasteiger charge is -2.17. The number of carbonyl (C=O) groups excluding carboxylic acids is 1. The number of hydrogen-bond donors (Lipinski definition) is 1. The highest BCUT2D eigenvalue weighted by Crippen LogP contribution is 1.91. The minimum atomic E-state index is -0.0463. The molecule has 0 bridgehead atoms. The standard InChI is InChI=1S/C7H15NO2/c1-3-8(4-2)7(10)5-6-9/h9H,3-6H2,1-2H3. The highest BCUT2D eigenvalue weighted by molar-refractivity contribution is 5.76. The van der Waals surface area contributed by atoms with Gasteiger partial charge >= 0.3 is 0 Å². The summed E-state index contributed by atoms with van der Waals surface area (Å²) in [6, 6.07) is 0. The molecule has 0 atom stereocenters. The molecule has 1 N–H and O–H groups in total. The maximum Gasteiger partial charge on any atom is 0.224 e. The normalized spacial score (nSPS) is 9.50. The van der Waals surface area contributed by atoms with Crippen LogP contribution in [0.1, 0.15) is 20.3 Å². The molecule has 0 aliphatic rings. The molecule has 0 saturated heterocycles. The first kappa shape index (κ1) is 9.43. The van der Waals surface area contributed by atoms with Crippen LogP contribution in [0.4, 0.5) is 0 Å². The first-order valence-electron chi connectivity index (χ1n) is 3.64. The minimum Gasteiger partial charge on any atom is -0.396 e. The lowest BCUT2D eigenvalue weighted by Crippen LogP contribution is -2.30. The van der Waals surface area contributed by atoms with Crippen molar-refractivity contribution in [3.05, 3.63) is 0 Å². The SMILES string of the molecule is CCN(CC)C(=O)CCO. The van der Waals surface area contributed by atoms with Gasteiger partial charge in [-0.1, -0.05) is 0 Å². The number of aliphatic hydroxyl groups is 1. The van der Waals surface area contributed by atoms with Crippen molar-refractivity contribution >= 4 is 5.91 Å². The second kappa shape index (κ2) is 5.23. The fraction of sp³-hybridized carbons (Fsp3) is 0.857. The van der Waals surface area contributed by atoms with Crippen molar-refractivity contribution in [3.63, 3.8) is 0 Å². The molecule has 0 spiro atoms. The Balaban J connectivity index is 3.65. The summed E-state index contributed by atoms with van der Waals surface area (Å²) < 4.78 is 0. The Hall–Kier alpha value is -0.570. The smallest absolute Gasteiger partial charge is 0.224 e. The number of nitrogens with zero attached hydrogens (tertiary/aromatic N) is 1. The largest absolute Gasteiger partial charge is 0.396 e. The van der Waals surface area contributed by atoms with Crippen LogP contribution in [-0.2, 0) is 4.79 Å². The third kappa shape index (κ3) is 2.82. The Morgan fingerprint density at radius 2 is 1.90 bits per heavy atom. The van der Waals surface area contributed by atoms with E-state index in [9.17, 15) is 4.79 Å². The van der Waals surface area contributed by atoms with Gasteiger partial charge in [0.25, 0.3) is 0 Å². The van der Waals surface area contributed by atoms with Gasteiger partial charge in [-0.3, -0.25) is 4.79 Å². The molecule has 0 aromatic carbocycles. The molecule has 0 unspecified atom stereocenters. The maximum absolute atomic E-state index is 11.0. The molecule has 0 heterocycles.